The van der Waals surface area contributed by atoms with Gasteiger partial charge in [-0.2, -0.15) is 0 Å². The Labute approximate surface area is 111 Å². The van der Waals surface area contributed by atoms with Crippen LogP contribution in [0.25, 0.3) is 10.9 Å². The van der Waals surface area contributed by atoms with Crippen molar-refractivity contribution in [3.05, 3.63) is 36.0 Å². The van der Waals surface area contributed by atoms with Crippen LogP contribution in [0.15, 0.2) is 30.3 Å². The summed E-state index contributed by atoms with van der Waals surface area (Å²) in [6.45, 7) is 5.59. The van der Waals surface area contributed by atoms with E-state index >= 15 is 0 Å². The third-order valence-electron chi connectivity index (χ3n) is 3.17. The molecule has 0 amide bonds. The van der Waals surface area contributed by atoms with Crippen LogP contribution in [0, 0.1) is 5.41 Å². The van der Waals surface area contributed by atoms with Crippen molar-refractivity contribution in [2.75, 3.05) is 0 Å². The summed E-state index contributed by atoms with van der Waals surface area (Å²) in [4.78, 5) is 23.4. The molecule has 0 unspecified atom stereocenters. The maximum Gasteiger partial charge on any atom is 0.352 e. The molecule has 4 nitrogen and oxygen atoms in total. The van der Waals surface area contributed by atoms with Crippen molar-refractivity contribution in [1.29, 1.82) is 0 Å². The van der Waals surface area contributed by atoms with Gasteiger partial charge in [-0.15, -0.1) is 0 Å². The van der Waals surface area contributed by atoms with E-state index < -0.39 is 11.4 Å². The van der Waals surface area contributed by atoms with Crippen LogP contribution in [0.2, 0.25) is 0 Å². The Morgan fingerprint density at radius 1 is 1.21 bits per heavy atom. The van der Waals surface area contributed by atoms with Crippen LogP contribution in [0.3, 0.4) is 0 Å². The molecule has 0 bridgehead atoms. The predicted molar refractivity (Wildman–Crippen MR) is 73.4 cm³/mol. The number of fused-ring (bicyclic) bond motifs is 1. The molecule has 0 radical (unpaired) electrons. The van der Waals surface area contributed by atoms with Gasteiger partial charge < -0.3 is 9.67 Å². The van der Waals surface area contributed by atoms with E-state index in [0.29, 0.717) is 0 Å². The molecule has 1 aromatic carbocycles. The molecule has 100 valence electrons. The van der Waals surface area contributed by atoms with Gasteiger partial charge in [-0.25, -0.2) is 4.79 Å². The zero-order chi connectivity index (χ0) is 14.2. The topological polar surface area (TPSA) is 59.3 Å². The second-order valence-electron chi connectivity index (χ2n) is 5.65. The maximum atomic E-state index is 12.1. The molecule has 0 fully saturated rings. The number of rotatable bonds is 3. The van der Waals surface area contributed by atoms with Crippen molar-refractivity contribution in [2.24, 2.45) is 5.41 Å². The first-order valence-electron chi connectivity index (χ1n) is 6.15. The lowest BCUT2D eigenvalue weighted by molar-refractivity contribution is -0.126. The highest BCUT2D eigenvalue weighted by Gasteiger charge is 2.24. The Bertz CT molecular complexity index is 647. The molecule has 0 spiro atoms. The standard InChI is InChI=1S/C15H17NO3/c1-15(2,3)13(17)9-16-11-7-5-4-6-10(11)8-12(16)14(18)19/h4-8H,9H2,1-3H3,(H,18,19). The molecule has 0 saturated carbocycles. The number of nitrogens with zero attached hydrogens (tertiary/aromatic N) is 1. The highest BCUT2D eigenvalue weighted by molar-refractivity contribution is 5.96. The Morgan fingerprint density at radius 2 is 1.84 bits per heavy atom. The Kier molecular flexibility index (Phi) is 3.18. The number of hydrogen-bond acceptors (Lipinski definition) is 2. The second-order valence-corrected chi connectivity index (χ2v) is 5.65. The van der Waals surface area contributed by atoms with Crippen LogP contribution in [0.1, 0.15) is 31.3 Å². The summed E-state index contributed by atoms with van der Waals surface area (Å²) in [5, 5.41) is 10.1. The molecule has 1 heterocycles. The molecule has 19 heavy (non-hydrogen) atoms. The monoisotopic (exact) mass is 259 g/mol. The number of carboxylic acid groups (broad SMARTS) is 1. The molecular weight excluding hydrogens is 242 g/mol. The highest BCUT2D eigenvalue weighted by Crippen LogP contribution is 2.23. The lowest BCUT2D eigenvalue weighted by Crippen LogP contribution is -2.26. The fraction of sp³-hybridized carbons (Fsp3) is 0.333. The predicted octanol–water partition coefficient (Wildman–Crippen LogP) is 2.95. The third-order valence-corrected chi connectivity index (χ3v) is 3.17. The van der Waals surface area contributed by atoms with Crippen LogP contribution in [0.5, 0.6) is 0 Å². The van der Waals surface area contributed by atoms with E-state index in [1.165, 1.54) is 0 Å². The van der Waals surface area contributed by atoms with Crippen molar-refractivity contribution >= 4 is 22.7 Å². The molecule has 0 aliphatic rings. The van der Waals surface area contributed by atoms with Gasteiger partial charge in [0.05, 0.1) is 6.54 Å². The quantitative estimate of drug-likeness (QED) is 0.921. The van der Waals surface area contributed by atoms with E-state index in [0.717, 1.165) is 10.9 Å². The van der Waals surface area contributed by atoms with Crippen LogP contribution >= 0.6 is 0 Å². The Balaban J connectivity index is 2.54. The molecule has 1 N–H and O–H groups in total. The molecule has 1 aromatic heterocycles. The zero-order valence-corrected chi connectivity index (χ0v) is 11.3. The molecular formula is C15H17NO3. The summed E-state index contributed by atoms with van der Waals surface area (Å²) < 4.78 is 1.57. The number of para-hydroxylation sites is 1. The van der Waals surface area contributed by atoms with Gasteiger partial charge in [0.25, 0.3) is 0 Å². The highest BCUT2D eigenvalue weighted by atomic mass is 16.4. The SMILES string of the molecule is CC(C)(C)C(=O)Cn1c(C(=O)O)cc2ccccc21. The van der Waals surface area contributed by atoms with Crippen molar-refractivity contribution < 1.29 is 14.7 Å². The first-order chi connectivity index (χ1) is 8.80. The summed E-state index contributed by atoms with van der Waals surface area (Å²) in [5.74, 6) is -1.01. The van der Waals surface area contributed by atoms with Gasteiger partial charge in [0.2, 0.25) is 0 Å². The second kappa shape index (κ2) is 4.53. The number of hydrogen-bond donors (Lipinski definition) is 1. The van der Waals surface area contributed by atoms with E-state index in [2.05, 4.69) is 0 Å². The molecule has 0 atom stereocenters. The molecule has 4 heteroatoms. The van der Waals surface area contributed by atoms with Crippen molar-refractivity contribution in [2.45, 2.75) is 27.3 Å². The van der Waals surface area contributed by atoms with E-state index in [4.69, 9.17) is 0 Å². The largest absolute Gasteiger partial charge is 0.477 e. The summed E-state index contributed by atoms with van der Waals surface area (Å²) in [6.07, 6.45) is 0. The van der Waals surface area contributed by atoms with Crippen molar-refractivity contribution in [3.63, 3.8) is 0 Å². The number of aromatic nitrogens is 1. The first kappa shape index (κ1) is 13.3. The van der Waals surface area contributed by atoms with Crippen LogP contribution < -0.4 is 0 Å². The van der Waals surface area contributed by atoms with Crippen LogP contribution in [0.4, 0.5) is 0 Å². The summed E-state index contributed by atoms with van der Waals surface area (Å²) in [5.41, 5.74) is 0.442. The molecule has 0 aliphatic carbocycles. The van der Waals surface area contributed by atoms with E-state index in [1.807, 2.05) is 45.0 Å². The Morgan fingerprint density at radius 3 is 2.42 bits per heavy atom. The fourth-order valence-electron chi connectivity index (χ4n) is 1.94. The molecule has 0 aliphatic heterocycles. The summed E-state index contributed by atoms with van der Waals surface area (Å²) >= 11 is 0. The minimum atomic E-state index is -1.02. The van der Waals surface area contributed by atoms with Gasteiger partial charge in [0.15, 0.2) is 5.78 Å². The van der Waals surface area contributed by atoms with Crippen molar-refractivity contribution in [3.8, 4) is 0 Å². The van der Waals surface area contributed by atoms with E-state index in [1.54, 1.807) is 10.6 Å². The van der Waals surface area contributed by atoms with Gasteiger partial charge in [-0.05, 0) is 12.1 Å². The first-order valence-corrected chi connectivity index (χ1v) is 6.15. The zero-order valence-electron chi connectivity index (χ0n) is 11.3. The maximum absolute atomic E-state index is 12.1. The van der Waals surface area contributed by atoms with Gasteiger partial charge >= 0.3 is 5.97 Å². The van der Waals surface area contributed by atoms with Gasteiger partial charge in [-0.1, -0.05) is 39.0 Å². The number of Topliss-reactive ketones (excluding diaryl/α,β-unsaturated/α-hetero) is 1. The lowest BCUT2D eigenvalue weighted by atomic mass is 9.91. The number of carbonyl (C=O) groups is 2. The van der Waals surface area contributed by atoms with E-state index in [9.17, 15) is 14.7 Å². The van der Waals surface area contributed by atoms with Crippen LogP contribution in [-0.2, 0) is 11.3 Å². The summed E-state index contributed by atoms with van der Waals surface area (Å²) in [7, 11) is 0. The summed E-state index contributed by atoms with van der Waals surface area (Å²) in [6, 6.07) is 8.97. The average Bonchev–Trinajstić information content (AvgIpc) is 2.67. The minimum Gasteiger partial charge on any atom is -0.477 e. The van der Waals surface area contributed by atoms with E-state index in [-0.39, 0.29) is 18.0 Å². The average molecular weight is 259 g/mol. The number of carboxylic acids is 1. The van der Waals surface area contributed by atoms with Gasteiger partial charge in [0, 0.05) is 16.3 Å². The smallest absolute Gasteiger partial charge is 0.352 e. The van der Waals surface area contributed by atoms with Gasteiger partial charge in [-0.3, -0.25) is 4.79 Å². The van der Waals surface area contributed by atoms with Gasteiger partial charge in [0.1, 0.15) is 5.69 Å². The number of ketones is 1. The molecule has 2 aromatic rings. The number of aromatic carboxylic acids is 1. The fourth-order valence-corrected chi connectivity index (χ4v) is 1.94. The Hall–Kier alpha value is -2.10. The minimum absolute atomic E-state index is 0.0105. The van der Waals surface area contributed by atoms with Crippen molar-refractivity contribution in [1.82, 2.24) is 4.57 Å². The number of benzene rings is 1. The normalized spacial score (nSPS) is 11.7. The number of carbonyl (C=O) groups excluding carboxylic acids is 1. The lowest BCUT2D eigenvalue weighted by Gasteiger charge is -2.18. The van der Waals surface area contributed by atoms with Crippen LogP contribution in [-0.4, -0.2) is 21.4 Å². The molecule has 2 rings (SSSR count). The molecule has 0 saturated heterocycles. The third kappa shape index (κ3) is 2.52.